The molecule has 0 saturated carbocycles. The van der Waals surface area contributed by atoms with E-state index >= 15 is 0 Å². The molecule has 3 N–H and O–H groups in total. The topological polar surface area (TPSA) is 87.0 Å². The standard InChI is InChI=1S/C9H18O5S/c10-3-1-2-4-14-5-8(11)6-15-7-9(12)13/h8,10-11H,1-7H2,(H,12,13). The van der Waals surface area contributed by atoms with Gasteiger partial charge in [-0.2, -0.15) is 0 Å². The van der Waals surface area contributed by atoms with E-state index in [9.17, 15) is 9.90 Å². The third-order valence-corrected chi connectivity index (χ3v) is 2.61. The van der Waals surface area contributed by atoms with Crippen LogP contribution in [0.5, 0.6) is 0 Å². The fraction of sp³-hybridized carbons (Fsp3) is 0.889. The lowest BCUT2D eigenvalue weighted by molar-refractivity contribution is -0.133. The molecule has 1 atom stereocenters. The van der Waals surface area contributed by atoms with Crippen LogP contribution in [0.15, 0.2) is 0 Å². The monoisotopic (exact) mass is 238 g/mol. The van der Waals surface area contributed by atoms with Crippen molar-refractivity contribution in [1.82, 2.24) is 0 Å². The number of aliphatic hydroxyl groups is 2. The second kappa shape index (κ2) is 10.2. The van der Waals surface area contributed by atoms with Crippen LogP contribution in [0.1, 0.15) is 12.8 Å². The van der Waals surface area contributed by atoms with Gasteiger partial charge < -0.3 is 20.1 Å². The predicted molar refractivity (Wildman–Crippen MR) is 58.1 cm³/mol. The molecule has 0 spiro atoms. The summed E-state index contributed by atoms with van der Waals surface area (Å²) in [4.78, 5) is 10.2. The molecular weight excluding hydrogens is 220 g/mol. The summed E-state index contributed by atoms with van der Waals surface area (Å²) in [5.74, 6) is -0.510. The van der Waals surface area contributed by atoms with E-state index in [1.807, 2.05) is 0 Å². The number of rotatable bonds is 10. The first-order valence-electron chi connectivity index (χ1n) is 4.83. The average Bonchev–Trinajstić information content (AvgIpc) is 2.17. The summed E-state index contributed by atoms with van der Waals surface area (Å²) >= 11 is 1.17. The Bertz CT molecular complexity index is 165. The quantitative estimate of drug-likeness (QED) is 0.463. The van der Waals surface area contributed by atoms with E-state index in [1.54, 1.807) is 0 Å². The van der Waals surface area contributed by atoms with Gasteiger partial charge in [0, 0.05) is 19.0 Å². The zero-order valence-electron chi connectivity index (χ0n) is 8.59. The first-order chi connectivity index (χ1) is 7.16. The normalized spacial score (nSPS) is 12.7. The maximum atomic E-state index is 10.2. The zero-order chi connectivity index (χ0) is 11.5. The number of carboxylic acids is 1. The molecule has 0 bridgehead atoms. The molecule has 0 aliphatic heterocycles. The van der Waals surface area contributed by atoms with Crippen molar-refractivity contribution in [1.29, 1.82) is 0 Å². The lowest BCUT2D eigenvalue weighted by Gasteiger charge is -2.09. The van der Waals surface area contributed by atoms with Crippen molar-refractivity contribution in [2.24, 2.45) is 0 Å². The lowest BCUT2D eigenvalue weighted by atomic mass is 10.3. The predicted octanol–water partition coefficient (Wildman–Crippen LogP) is -0.0458. The number of aliphatic carboxylic acids is 1. The van der Waals surface area contributed by atoms with Crippen LogP contribution in [0.2, 0.25) is 0 Å². The van der Waals surface area contributed by atoms with Crippen LogP contribution in [0.3, 0.4) is 0 Å². The van der Waals surface area contributed by atoms with Crippen LogP contribution in [-0.2, 0) is 9.53 Å². The number of carbonyl (C=O) groups is 1. The zero-order valence-corrected chi connectivity index (χ0v) is 9.41. The van der Waals surface area contributed by atoms with Crippen molar-refractivity contribution in [2.45, 2.75) is 18.9 Å². The van der Waals surface area contributed by atoms with E-state index in [4.69, 9.17) is 14.9 Å². The Morgan fingerprint density at radius 1 is 1.40 bits per heavy atom. The van der Waals surface area contributed by atoms with E-state index in [0.29, 0.717) is 18.8 Å². The summed E-state index contributed by atoms with van der Waals surface area (Å²) in [5.41, 5.74) is 0. The smallest absolute Gasteiger partial charge is 0.313 e. The molecule has 0 saturated heterocycles. The maximum absolute atomic E-state index is 10.2. The lowest BCUT2D eigenvalue weighted by Crippen LogP contribution is -2.19. The Morgan fingerprint density at radius 2 is 2.13 bits per heavy atom. The highest BCUT2D eigenvalue weighted by Gasteiger charge is 2.05. The van der Waals surface area contributed by atoms with Crippen LogP contribution >= 0.6 is 11.8 Å². The van der Waals surface area contributed by atoms with Gasteiger partial charge in [0.1, 0.15) is 0 Å². The Hall–Kier alpha value is -0.300. The molecule has 0 aromatic rings. The summed E-state index contributed by atoms with van der Waals surface area (Å²) < 4.78 is 5.13. The molecule has 90 valence electrons. The fourth-order valence-corrected chi connectivity index (χ4v) is 1.53. The number of thioether (sulfide) groups is 1. The van der Waals surface area contributed by atoms with Gasteiger partial charge in [0.2, 0.25) is 0 Å². The van der Waals surface area contributed by atoms with Crippen LogP contribution in [0, 0.1) is 0 Å². The molecule has 15 heavy (non-hydrogen) atoms. The summed E-state index contributed by atoms with van der Waals surface area (Å²) in [6.45, 7) is 0.889. The van der Waals surface area contributed by atoms with Crippen molar-refractivity contribution in [2.75, 3.05) is 31.3 Å². The SMILES string of the molecule is O=C(O)CSCC(O)COCCCCO. The summed E-state index contributed by atoms with van der Waals surface area (Å²) in [5, 5.41) is 26.2. The van der Waals surface area contributed by atoms with Crippen molar-refractivity contribution in [3.8, 4) is 0 Å². The van der Waals surface area contributed by atoms with E-state index in [2.05, 4.69) is 0 Å². The van der Waals surface area contributed by atoms with Crippen molar-refractivity contribution in [3.63, 3.8) is 0 Å². The van der Waals surface area contributed by atoms with Crippen molar-refractivity contribution < 1.29 is 24.9 Å². The van der Waals surface area contributed by atoms with E-state index < -0.39 is 12.1 Å². The fourth-order valence-electron chi connectivity index (χ4n) is 0.866. The third kappa shape index (κ3) is 11.6. The molecule has 0 aromatic heterocycles. The average molecular weight is 238 g/mol. The van der Waals surface area contributed by atoms with Gasteiger partial charge in [0.05, 0.1) is 18.5 Å². The molecule has 0 aromatic carbocycles. The first kappa shape index (κ1) is 14.7. The molecule has 5 nitrogen and oxygen atoms in total. The molecule has 0 heterocycles. The van der Waals surface area contributed by atoms with Crippen molar-refractivity contribution >= 4 is 17.7 Å². The van der Waals surface area contributed by atoms with Crippen LogP contribution in [0.4, 0.5) is 0 Å². The molecule has 0 rings (SSSR count). The molecule has 0 fully saturated rings. The minimum absolute atomic E-state index is 0.00156. The molecule has 0 aliphatic carbocycles. The number of hydrogen-bond donors (Lipinski definition) is 3. The Balaban J connectivity index is 3.18. The van der Waals surface area contributed by atoms with E-state index in [0.717, 1.165) is 6.42 Å². The largest absolute Gasteiger partial charge is 0.481 e. The summed E-state index contributed by atoms with van der Waals surface area (Å²) in [6.07, 6.45) is 0.846. The van der Waals surface area contributed by atoms with Gasteiger partial charge in [-0.15, -0.1) is 11.8 Å². The summed E-state index contributed by atoms with van der Waals surface area (Å²) in [6, 6.07) is 0. The Kier molecular flexibility index (Phi) is 10.0. The number of hydrogen-bond acceptors (Lipinski definition) is 5. The molecule has 0 aliphatic rings. The highest BCUT2D eigenvalue weighted by atomic mass is 32.2. The van der Waals surface area contributed by atoms with E-state index in [1.165, 1.54) is 11.8 Å². The van der Waals surface area contributed by atoms with Crippen molar-refractivity contribution in [3.05, 3.63) is 0 Å². The molecule has 0 amide bonds. The number of carboxylic acid groups (broad SMARTS) is 1. The minimum Gasteiger partial charge on any atom is -0.481 e. The number of ether oxygens (including phenoxy) is 1. The van der Waals surface area contributed by atoms with E-state index in [-0.39, 0.29) is 19.0 Å². The third-order valence-electron chi connectivity index (χ3n) is 1.54. The van der Waals surface area contributed by atoms with Gasteiger partial charge in [-0.25, -0.2) is 0 Å². The second-order valence-electron chi connectivity index (χ2n) is 3.07. The molecular formula is C9H18O5S. The summed E-state index contributed by atoms with van der Waals surface area (Å²) in [7, 11) is 0. The van der Waals surface area contributed by atoms with Gasteiger partial charge >= 0.3 is 5.97 Å². The Labute approximate surface area is 93.4 Å². The minimum atomic E-state index is -0.879. The molecule has 0 radical (unpaired) electrons. The van der Waals surface area contributed by atoms with Gasteiger partial charge in [-0.05, 0) is 12.8 Å². The van der Waals surface area contributed by atoms with Gasteiger partial charge in [-0.1, -0.05) is 0 Å². The van der Waals surface area contributed by atoms with Gasteiger partial charge in [-0.3, -0.25) is 4.79 Å². The number of unbranched alkanes of at least 4 members (excludes halogenated alkanes) is 1. The van der Waals surface area contributed by atoms with Gasteiger partial charge in [0.25, 0.3) is 0 Å². The first-order valence-corrected chi connectivity index (χ1v) is 5.98. The highest BCUT2D eigenvalue weighted by molar-refractivity contribution is 7.99. The highest BCUT2D eigenvalue weighted by Crippen LogP contribution is 2.03. The van der Waals surface area contributed by atoms with Crippen LogP contribution < -0.4 is 0 Å². The van der Waals surface area contributed by atoms with Crippen LogP contribution in [-0.4, -0.2) is 58.7 Å². The maximum Gasteiger partial charge on any atom is 0.313 e. The number of aliphatic hydroxyl groups excluding tert-OH is 2. The molecule has 6 heteroatoms. The Morgan fingerprint density at radius 3 is 2.73 bits per heavy atom. The van der Waals surface area contributed by atoms with Gasteiger partial charge in [0.15, 0.2) is 0 Å². The second-order valence-corrected chi connectivity index (χ2v) is 4.10. The van der Waals surface area contributed by atoms with Crippen LogP contribution in [0.25, 0.3) is 0 Å². The molecule has 1 unspecified atom stereocenters.